The van der Waals surface area contributed by atoms with Crippen molar-refractivity contribution in [3.05, 3.63) is 59.7 Å². The lowest BCUT2D eigenvalue weighted by molar-refractivity contribution is 0.102. The number of carbonyl (C=O) groups excluding carboxylic acids is 1. The molecule has 0 bridgehead atoms. The maximum atomic E-state index is 12.9. The summed E-state index contributed by atoms with van der Waals surface area (Å²) < 4.78 is 52.6. The number of halogens is 2. The molecule has 0 saturated carbocycles. The van der Waals surface area contributed by atoms with Crippen LogP contribution in [0.2, 0.25) is 0 Å². The van der Waals surface area contributed by atoms with Crippen molar-refractivity contribution in [1.29, 1.82) is 0 Å². The van der Waals surface area contributed by atoms with Gasteiger partial charge in [0.1, 0.15) is 0 Å². The van der Waals surface area contributed by atoms with Crippen LogP contribution in [0.4, 0.5) is 14.5 Å². The van der Waals surface area contributed by atoms with Crippen LogP contribution in [-0.4, -0.2) is 42.9 Å². The number of nitrogens with zero attached hydrogens (tertiary/aromatic N) is 1. The molecule has 0 radical (unpaired) electrons. The molecule has 2 aromatic rings. The first-order chi connectivity index (χ1) is 13.3. The van der Waals surface area contributed by atoms with Gasteiger partial charge in [-0.3, -0.25) is 4.79 Å². The van der Waals surface area contributed by atoms with E-state index in [2.05, 4.69) is 5.32 Å². The van der Waals surface area contributed by atoms with Crippen LogP contribution >= 0.6 is 0 Å². The minimum atomic E-state index is -3.85. The summed E-state index contributed by atoms with van der Waals surface area (Å²) in [5.74, 6) is -0.608. The highest BCUT2D eigenvalue weighted by atomic mass is 32.2. The Kier molecular flexibility index (Phi) is 6.07. The van der Waals surface area contributed by atoms with Crippen molar-refractivity contribution in [2.75, 3.05) is 18.5 Å². The monoisotopic (exact) mass is 410 g/mol. The van der Waals surface area contributed by atoms with Gasteiger partial charge >= 0.3 is 0 Å². The first kappa shape index (κ1) is 20.4. The highest BCUT2D eigenvalue weighted by Gasteiger charge is 2.35. The molecule has 3 rings (SSSR count). The fraction of sp³-hybridized carbons (Fsp3) is 0.316. The zero-order chi connectivity index (χ0) is 20.3. The number of carbonyl (C=O) groups is 1. The number of nitrogens with one attached hydrogen (secondary N) is 1. The third-order valence-corrected chi connectivity index (χ3v) is 6.58. The first-order valence-corrected chi connectivity index (χ1v) is 10.2. The molecule has 2 N–H and O–H groups in total. The van der Waals surface area contributed by atoms with E-state index in [0.717, 1.165) is 0 Å². The summed E-state index contributed by atoms with van der Waals surface area (Å²) in [6.45, 7) is 0.0459. The van der Waals surface area contributed by atoms with Crippen molar-refractivity contribution >= 4 is 21.6 Å². The van der Waals surface area contributed by atoms with Crippen molar-refractivity contribution in [2.24, 2.45) is 0 Å². The van der Waals surface area contributed by atoms with Crippen molar-refractivity contribution in [3.8, 4) is 0 Å². The Morgan fingerprint density at radius 1 is 1.21 bits per heavy atom. The highest BCUT2D eigenvalue weighted by Crippen LogP contribution is 2.27. The van der Waals surface area contributed by atoms with Crippen molar-refractivity contribution in [2.45, 2.75) is 30.2 Å². The van der Waals surface area contributed by atoms with Gasteiger partial charge < -0.3 is 10.4 Å². The van der Waals surface area contributed by atoms with Gasteiger partial charge in [0.2, 0.25) is 10.0 Å². The third-order valence-electron chi connectivity index (χ3n) is 4.63. The van der Waals surface area contributed by atoms with Crippen molar-refractivity contribution < 1.29 is 27.1 Å². The molecule has 150 valence electrons. The van der Waals surface area contributed by atoms with Gasteiger partial charge in [0.25, 0.3) is 12.3 Å². The van der Waals surface area contributed by atoms with Crippen LogP contribution in [0.25, 0.3) is 0 Å². The van der Waals surface area contributed by atoms with E-state index in [-0.39, 0.29) is 28.3 Å². The fourth-order valence-electron chi connectivity index (χ4n) is 3.20. The quantitative estimate of drug-likeness (QED) is 0.767. The first-order valence-electron chi connectivity index (χ1n) is 8.75. The van der Waals surface area contributed by atoms with Crippen LogP contribution in [0, 0.1) is 0 Å². The van der Waals surface area contributed by atoms with E-state index >= 15 is 0 Å². The lowest BCUT2D eigenvalue weighted by Gasteiger charge is -2.22. The molecular weight excluding hydrogens is 390 g/mol. The number of amides is 1. The summed E-state index contributed by atoms with van der Waals surface area (Å²) in [7, 11) is -3.85. The summed E-state index contributed by atoms with van der Waals surface area (Å²) in [6.07, 6.45) is -1.42. The van der Waals surface area contributed by atoms with E-state index in [1.54, 1.807) is 0 Å². The van der Waals surface area contributed by atoms with Gasteiger partial charge in [-0.1, -0.05) is 18.2 Å². The van der Waals surface area contributed by atoms with E-state index in [1.165, 1.54) is 52.8 Å². The molecule has 9 heteroatoms. The third kappa shape index (κ3) is 4.21. The molecule has 1 fully saturated rings. The number of hydrogen-bond acceptors (Lipinski definition) is 4. The van der Waals surface area contributed by atoms with E-state index in [0.29, 0.717) is 19.4 Å². The van der Waals surface area contributed by atoms with Gasteiger partial charge in [0, 0.05) is 29.4 Å². The zero-order valence-electron chi connectivity index (χ0n) is 14.9. The molecule has 0 aliphatic carbocycles. The second-order valence-electron chi connectivity index (χ2n) is 6.50. The summed E-state index contributed by atoms with van der Waals surface area (Å²) in [6, 6.07) is 10.3. The second-order valence-corrected chi connectivity index (χ2v) is 8.39. The van der Waals surface area contributed by atoms with E-state index in [4.69, 9.17) is 0 Å². The molecule has 1 aliphatic heterocycles. The molecule has 28 heavy (non-hydrogen) atoms. The molecule has 1 saturated heterocycles. The van der Waals surface area contributed by atoms with Gasteiger partial charge in [0.05, 0.1) is 11.5 Å². The largest absolute Gasteiger partial charge is 0.395 e. The van der Waals surface area contributed by atoms with Gasteiger partial charge in [-0.2, -0.15) is 4.31 Å². The Morgan fingerprint density at radius 2 is 1.96 bits per heavy atom. The zero-order valence-corrected chi connectivity index (χ0v) is 15.7. The average Bonchev–Trinajstić information content (AvgIpc) is 3.18. The summed E-state index contributed by atoms with van der Waals surface area (Å²) in [5, 5.41) is 11.9. The van der Waals surface area contributed by atoms with Gasteiger partial charge in [0.15, 0.2) is 0 Å². The number of aliphatic hydroxyl groups excluding tert-OH is 1. The molecule has 0 spiro atoms. The summed E-state index contributed by atoms with van der Waals surface area (Å²) >= 11 is 0. The molecule has 1 amide bonds. The minimum absolute atomic E-state index is 0.0539. The Bertz CT molecular complexity index is 966. The van der Waals surface area contributed by atoms with Gasteiger partial charge in [-0.25, -0.2) is 17.2 Å². The maximum absolute atomic E-state index is 12.9. The molecule has 1 heterocycles. The van der Waals surface area contributed by atoms with Gasteiger partial charge in [-0.05, 0) is 43.2 Å². The van der Waals surface area contributed by atoms with Crippen LogP contribution in [-0.2, 0) is 10.0 Å². The average molecular weight is 410 g/mol. The van der Waals surface area contributed by atoms with E-state index in [1.807, 2.05) is 0 Å². The molecule has 1 atom stereocenters. The molecule has 2 aromatic carbocycles. The standard InChI is InChI=1S/C19H20F2N2O4S/c20-18(21)13-4-1-6-15(10-13)22-19(25)14-5-2-8-17(11-14)28(26,27)23-9-3-7-16(23)12-24/h1-2,4-6,8,10-11,16,18,24H,3,7,9,12H2,(H,22,25). The SMILES string of the molecule is O=C(Nc1cccc(C(F)F)c1)c1cccc(S(=O)(=O)N2CCCC2CO)c1. The van der Waals surface area contributed by atoms with Gasteiger partial charge in [-0.15, -0.1) is 0 Å². The smallest absolute Gasteiger partial charge is 0.263 e. The Balaban J connectivity index is 1.83. The van der Waals surface area contributed by atoms with Crippen molar-refractivity contribution in [1.82, 2.24) is 4.31 Å². The molecule has 1 aliphatic rings. The van der Waals surface area contributed by atoms with Crippen LogP contribution in [0.5, 0.6) is 0 Å². The number of sulfonamides is 1. The molecule has 6 nitrogen and oxygen atoms in total. The second kappa shape index (κ2) is 8.34. The molecular formula is C19H20F2N2O4S. The lowest BCUT2D eigenvalue weighted by atomic mass is 10.2. The molecule has 0 aromatic heterocycles. The Labute approximate surface area is 161 Å². The van der Waals surface area contributed by atoms with E-state index in [9.17, 15) is 27.1 Å². The van der Waals surface area contributed by atoms with Crippen LogP contribution in [0.1, 0.15) is 35.2 Å². The minimum Gasteiger partial charge on any atom is -0.395 e. The van der Waals surface area contributed by atoms with Crippen LogP contribution < -0.4 is 5.32 Å². The van der Waals surface area contributed by atoms with Crippen LogP contribution in [0.15, 0.2) is 53.4 Å². The number of benzene rings is 2. The van der Waals surface area contributed by atoms with Crippen LogP contribution in [0.3, 0.4) is 0 Å². The fourth-order valence-corrected chi connectivity index (χ4v) is 4.93. The Morgan fingerprint density at radius 3 is 2.68 bits per heavy atom. The lowest BCUT2D eigenvalue weighted by Crippen LogP contribution is -2.37. The predicted molar refractivity (Wildman–Crippen MR) is 99.8 cm³/mol. The number of rotatable bonds is 6. The molecule has 1 unspecified atom stereocenters. The highest BCUT2D eigenvalue weighted by molar-refractivity contribution is 7.89. The van der Waals surface area contributed by atoms with Crippen molar-refractivity contribution in [3.63, 3.8) is 0 Å². The van der Waals surface area contributed by atoms with E-state index < -0.39 is 28.4 Å². The number of hydrogen-bond donors (Lipinski definition) is 2. The number of aliphatic hydroxyl groups is 1. The number of alkyl halides is 2. The topological polar surface area (TPSA) is 86.7 Å². The normalized spacial score (nSPS) is 17.8. The number of anilines is 1. The Hall–Kier alpha value is -2.36. The summed E-state index contributed by atoms with van der Waals surface area (Å²) in [5.41, 5.74) is 0.0532. The maximum Gasteiger partial charge on any atom is 0.263 e. The summed E-state index contributed by atoms with van der Waals surface area (Å²) in [4.78, 5) is 12.4. The predicted octanol–water partition coefficient (Wildman–Crippen LogP) is 3.02.